The predicted molar refractivity (Wildman–Crippen MR) is 128 cm³/mol. The summed E-state index contributed by atoms with van der Waals surface area (Å²) in [4.78, 5) is 10.6. The van der Waals surface area contributed by atoms with Crippen molar-refractivity contribution in [1.29, 1.82) is 0 Å². The van der Waals surface area contributed by atoms with E-state index in [0.29, 0.717) is 6.04 Å². The maximum Gasteiger partial charge on any atom is 0.131 e. The summed E-state index contributed by atoms with van der Waals surface area (Å²) in [5, 5.41) is 3.21. The average Bonchev–Trinajstić information content (AvgIpc) is 2.81. The number of nitrogens with one attached hydrogen (secondary N) is 1. The van der Waals surface area contributed by atoms with E-state index in [9.17, 15) is 0 Å². The SMILES string of the molecule is C=CN(CC(C)NC)/C(=C/C=C(/C#Cc1ccc(-c2ccccc2)cn1)CC)N=C. The Morgan fingerprint density at radius 1 is 1.20 bits per heavy atom. The van der Waals surface area contributed by atoms with Crippen LogP contribution in [0.3, 0.4) is 0 Å². The van der Waals surface area contributed by atoms with Crippen LogP contribution in [0.5, 0.6) is 0 Å². The Kier molecular flexibility index (Phi) is 9.30. The van der Waals surface area contributed by atoms with Crippen LogP contribution in [-0.4, -0.2) is 36.2 Å². The van der Waals surface area contributed by atoms with E-state index in [1.807, 2.05) is 60.6 Å². The van der Waals surface area contributed by atoms with E-state index < -0.39 is 0 Å². The third-order valence-electron chi connectivity index (χ3n) is 4.68. The van der Waals surface area contributed by atoms with Crippen molar-refractivity contribution in [2.75, 3.05) is 13.6 Å². The molecule has 154 valence electrons. The van der Waals surface area contributed by atoms with Gasteiger partial charge in [0, 0.05) is 29.9 Å². The average molecular weight is 399 g/mol. The van der Waals surface area contributed by atoms with E-state index in [2.05, 4.69) is 66.4 Å². The molecule has 1 atom stereocenters. The van der Waals surface area contributed by atoms with Gasteiger partial charge >= 0.3 is 0 Å². The molecule has 4 heteroatoms. The van der Waals surface area contributed by atoms with Gasteiger partial charge in [-0.25, -0.2) is 9.98 Å². The van der Waals surface area contributed by atoms with Crippen molar-refractivity contribution in [3.63, 3.8) is 0 Å². The smallest absolute Gasteiger partial charge is 0.131 e. The fourth-order valence-corrected chi connectivity index (χ4v) is 2.72. The summed E-state index contributed by atoms with van der Waals surface area (Å²) < 4.78 is 0. The van der Waals surface area contributed by atoms with Gasteiger partial charge in [0.2, 0.25) is 0 Å². The highest BCUT2D eigenvalue weighted by atomic mass is 15.2. The molecule has 0 aliphatic heterocycles. The lowest BCUT2D eigenvalue weighted by molar-refractivity contribution is 0.400. The molecule has 1 unspecified atom stereocenters. The molecule has 1 N–H and O–H groups in total. The lowest BCUT2D eigenvalue weighted by Crippen LogP contribution is -2.33. The number of aromatic nitrogens is 1. The third kappa shape index (κ3) is 6.88. The summed E-state index contributed by atoms with van der Waals surface area (Å²) in [5.74, 6) is 7.11. The largest absolute Gasteiger partial charge is 0.332 e. The summed E-state index contributed by atoms with van der Waals surface area (Å²) in [5.41, 5.74) is 3.97. The Morgan fingerprint density at radius 3 is 2.53 bits per heavy atom. The number of rotatable bonds is 9. The molecular weight excluding hydrogens is 368 g/mol. The van der Waals surface area contributed by atoms with Crippen LogP contribution in [0.2, 0.25) is 0 Å². The highest BCUT2D eigenvalue weighted by Crippen LogP contribution is 2.17. The monoisotopic (exact) mass is 398 g/mol. The van der Waals surface area contributed by atoms with Crippen molar-refractivity contribution < 1.29 is 0 Å². The number of aliphatic imine (C=N–C) groups is 1. The molecule has 0 radical (unpaired) electrons. The molecule has 0 aliphatic carbocycles. The topological polar surface area (TPSA) is 40.5 Å². The minimum Gasteiger partial charge on any atom is -0.332 e. The van der Waals surface area contributed by atoms with Gasteiger partial charge in [-0.1, -0.05) is 55.8 Å². The molecule has 2 aromatic rings. The van der Waals surface area contributed by atoms with Crippen molar-refractivity contribution >= 4 is 6.72 Å². The number of pyridine rings is 1. The fourth-order valence-electron chi connectivity index (χ4n) is 2.72. The van der Waals surface area contributed by atoms with Gasteiger partial charge in [-0.05, 0) is 63.0 Å². The van der Waals surface area contributed by atoms with Gasteiger partial charge in [0.25, 0.3) is 0 Å². The van der Waals surface area contributed by atoms with Crippen LogP contribution in [0.25, 0.3) is 11.1 Å². The third-order valence-corrected chi connectivity index (χ3v) is 4.68. The van der Waals surface area contributed by atoms with Gasteiger partial charge in [-0.15, -0.1) is 0 Å². The van der Waals surface area contributed by atoms with Gasteiger partial charge in [-0.2, -0.15) is 0 Å². The molecule has 4 nitrogen and oxygen atoms in total. The van der Waals surface area contributed by atoms with Crippen molar-refractivity contribution in [1.82, 2.24) is 15.2 Å². The second-order valence-corrected chi connectivity index (χ2v) is 6.80. The van der Waals surface area contributed by atoms with E-state index in [0.717, 1.165) is 41.2 Å². The van der Waals surface area contributed by atoms with Crippen LogP contribution >= 0.6 is 0 Å². The predicted octanol–water partition coefficient (Wildman–Crippen LogP) is 5.03. The summed E-state index contributed by atoms with van der Waals surface area (Å²) in [6.45, 7) is 12.5. The van der Waals surface area contributed by atoms with Crippen LogP contribution in [0, 0.1) is 11.8 Å². The van der Waals surface area contributed by atoms with Crippen LogP contribution in [0.15, 0.2) is 90.0 Å². The zero-order valence-corrected chi connectivity index (χ0v) is 18.1. The molecule has 0 fully saturated rings. The molecule has 1 heterocycles. The van der Waals surface area contributed by atoms with Crippen LogP contribution in [-0.2, 0) is 0 Å². The van der Waals surface area contributed by atoms with Gasteiger partial charge in [0.1, 0.15) is 11.5 Å². The molecule has 30 heavy (non-hydrogen) atoms. The second-order valence-electron chi connectivity index (χ2n) is 6.80. The van der Waals surface area contributed by atoms with Crippen LogP contribution < -0.4 is 5.32 Å². The van der Waals surface area contributed by atoms with E-state index in [4.69, 9.17) is 0 Å². The maximum atomic E-state index is 4.48. The first-order valence-electron chi connectivity index (χ1n) is 10.1. The van der Waals surface area contributed by atoms with E-state index in [1.165, 1.54) is 0 Å². The van der Waals surface area contributed by atoms with Gasteiger partial charge in [0.05, 0.1) is 0 Å². The molecule has 0 saturated heterocycles. The van der Waals surface area contributed by atoms with Crippen molar-refractivity contribution in [3.8, 4) is 23.0 Å². The van der Waals surface area contributed by atoms with Crippen LogP contribution in [0.4, 0.5) is 0 Å². The molecule has 0 aliphatic rings. The molecule has 1 aromatic carbocycles. The summed E-state index contributed by atoms with van der Waals surface area (Å²) >= 11 is 0. The first-order valence-corrected chi connectivity index (χ1v) is 10.1. The Balaban J connectivity index is 2.17. The molecule has 0 bridgehead atoms. The molecule has 0 saturated carbocycles. The standard InChI is InChI=1S/C26H30N4/c1-6-22(14-18-26(28-5)30(7-2)20-21(3)27-4)13-16-25-17-15-24(19-29-25)23-11-9-8-10-12-23/h7-12,14-15,17-19,21,27H,2,5-6,20H2,1,3-4H3/b22-14+,26-18+. The van der Waals surface area contributed by atoms with Crippen LogP contribution in [0.1, 0.15) is 26.0 Å². The maximum absolute atomic E-state index is 4.48. The zero-order valence-electron chi connectivity index (χ0n) is 18.1. The molecule has 0 spiro atoms. The number of likely N-dealkylation sites (N-methyl/N-ethyl adjacent to an activating group) is 1. The summed E-state index contributed by atoms with van der Waals surface area (Å²) in [6, 6.07) is 14.5. The number of hydrogen-bond acceptors (Lipinski definition) is 4. The zero-order chi connectivity index (χ0) is 21.8. The first-order chi connectivity index (χ1) is 14.6. The van der Waals surface area contributed by atoms with Crippen molar-refractivity contribution in [2.24, 2.45) is 4.99 Å². The summed E-state index contributed by atoms with van der Waals surface area (Å²) in [7, 11) is 1.93. The number of nitrogens with zero attached hydrogens (tertiary/aromatic N) is 3. The highest BCUT2D eigenvalue weighted by molar-refractivity contribution is 5.62. The van der Waals surface area contributed by atoms with Crippen molar-refractivity contribution in [3.05, 3.63) is 90.7 Å². The van der Waals surface area contributed by atoms with Gasteiger partial charge in [-0.3, -0.25) is 0 Å². The number of hydrogen-bond donors (Lipinski definition) is 1. The lowest BCUT2D eigenvalue weighted by atomic mass is 10.1. The molecule has 0 amide bonds. The second kappa shape index (κ2) is 12.2. The minimum atomic E-state index is 0.299. The first kappa shape index (κ1) is 22.9. The normalized spacial score (nSPS) is 12.5. The quantitative estimate of drug-likeness (QED) is 0.366. The van der Waals surface area contributed by atoms with E-state index in [1.54, 1.807) is 6.20 Å². The Morgan fingerprint density at radius 2 is 1.97 bits per heavy atom. The van der Waals surface area contributed by atoms with E-state index >= 15 is 0 Å². The van der Waals surface area contributed by atoms with Gasteiger partial charge in [0.15, 0.2) is 0 Å². The summed E-state index contributed by atoms with van der Waals surface area (Å²) in [6.07, 6.45) is 8.35. The van der Waals surface area contributed by atoms with Crippen molar-refractivity contribution in [2.45, 2.75) is 26.3 Å². The molecule has 1 aromatic heterocycles. The molecule has 2 rings (SSSR count). The Bertz CT molecular complexity index is 944. The van der Waals surface area contributed by atoms with Gasteiger partial charge < -0.3 is 10.2 Å². The molecular formula is C26H30N4. The Labute approximate surface area is 180 Å². The highest BCUT2D eigenvalue weighted by Gasteiger charge is 2.07. The number of allylic oxidation sites excluding steroid dienone is 3. The minimum absolute atomic E-state index is 0.299. The Hall–Kier alpha value is -3.42. The fraction of sp³-hybridized carbons (Fsp3) is 0.231. The lowest BCUT2D eigenvalue weighted by Gasteiger charge is -2.23. The number of benzene rings is 1. The van der Waals surface area contributed by atoms with E-state index in [-0.39, 0.29) is 0 Å².